The van der Waals surface area contributed by atoms with E-state index in [1.807, 2.05) is 20.7 Å². The van der Waals surface area contributed by atoms with Gasteiger partial charge in [0.25, 0.3) is 0 Å². The van der Waals surface area contributed by atoms with Crippen LogP contribution in [0.15, 0.2) is 84.9 Å². The van der Waals surface area contributed by atoms with Crippen LogP contribution in [-0.4, -0.2) is 0 Å². The average molecular weight is 342 g/mol. The van der Waals surface area contributed by atoms with Gasteiger partial charge in [0.05, 0.1) is 9.40 Å². The van der Waals surface area contributed by atoms with Gasteiger partial charge in [-0.3, -0.25) is 0 Å². The van der Waals surface area contributed by atoms with Crippen LogP contribution in [-0.2, 0) is 0 Å². The molecule has 2 heteroatoms. The Morgan fingerprint density at radius 3 is 1.21 bits per heavy atom. The van der Waals surface area contributed by atoms with E-state index in [4.69, 9.17) is 0 Å². The maximum absolute atomic E-state index is 2.25. The summed E-state index contributed by atoms with van der Waals surface area (Å²) in [5, 5.41) is 7.87. The monoisotopic (exact) mass is 342 g/mol. The molecule has 0 saturated carbocycles. The minimum atomic E-state index is 1.30. The van der Waals surface area contributed by atoms with Gasteiger partial charge in [-0.05, 0) is 21.5 Å². The molecule has 0 nitrogen and oxygen atoms in total. The third kappa shape index (κ3) is 2.19. The highest BCUT2D eigenvalue weighted by Gasteiger charge is 2.02. The molecule has 1 heterocycles. The predicted octanol–water partition coefficient (Wildman–Crippen LogP) is 7.55. The van der Waals surface area contributed by atoms with Crippen molar-refractivity contribution in [1.29, 1.82) is 0 Å². The molecule has 0 N–H and O–H groups in total. The fraction of sp³-hybridized carbons (Fsp3) is 0. The molecule has 0 bridgehead atoms. The molecule has 0 radical (unpaired) electrons. The van der Waals surface area contributed by atoms with E-state index in [2.05, 4.69) is 84.9 Å². The minimum absolute atomic E-state index is 1.30. The molecular weight excluding hydrogens is 328 g/mol. The summed E-state index contributed by atoms with van der Waals surface area (Å²) in [5.41, 5.74) is 0. The highest BCUT2D eigenvalue weighted by Crippen LogP contribution is 2.34. The van der Waals surface area contributed by atoms with Crippen molar-refractivity contribution in [2.24, 2.45) is 0 Å². The second-order valence-corrected chi connectivity index (χ2v) is 8.06. The van der Waals surface area contributed by atoms with Crippen molar-refractivity contribution in [1.82, 2.24) is 0 Å². The first kappa shape index (κ1) is 14.0. The lowest BCUT2D eigenvalue weighted by molar-refractivity contribution is 1.80. The second kappa shape index (κ2) is 5.59. The van der Waals surface area contributed by atoms with E-state index in [0.717, 1.165) is 0 Å². The average Bonchev–Trinajstić information content (AvgIpc) is 2.62. The number of benzene rings is 4. The molecule has 5 aromatic rings. The van der Waals surface area contributed by atoms with Gasteiger partial charge in [0.1, 0.15) is 0 Å². The number of rotatable bonds is 0. The summed E-state index contributed by atoms with van der Waals surface area (Å²) < 4.78 is 2.71. The predicted molar refractivity (Wildman–Crippen MR) is 110 cm³/mol. The summed E-state index contributed by atoms with van der Waals surface area (Å²) >= 11 is 0. The molecule has 1 aromatic heterocycles. The van der Waals surface area contributed by atoms with Crippen molar-refractivity contribution in [3.8, 4) is 0 Å². The quantitative estimate of drug-likeness (QED) is 0.255. The SMILES string of the molecule is c1ccc2c(c1)ccc1ccc3ccc4ccccc4c3ssc12. The lowest BCUT2D eigenvalue weighted by Crippen LogP contribution is -1.75. The first-order chi connectivity index (χ1) is 11.9. The van der Waals surface area contributed by atoms with E-state index in [9.17, 15) is 0 Å². The number of hydrogen-bond acceptors (Lipinski definition) is 2. The van der Waals surface area contributed by atoms with Crippen molar-refractivity contribution in [3.63, 3.8) is 0 Å². The molecule has 24 heavy (non-hydrogen) atoms. The molecule has 0 spiro atoms. The largest absolute Gasteiger partial charge is 0.0788 e. The van der Waals surface area contributed by atoms with Crippen molar-refractivity contribution >= 4 is 62.4 Å². The fourth-order valence-corrected chi connectivity index (χ4v) is 6.03. The van der Waals surface area contributed by atoms with E-state index in [-0.39, 0.29) is 0 Å². The molecule has 0 unspecified atom stereocenters. The van der Waals surface area contributed by atoms with Gasteiger partial charge in [-0.25, -0.2) is 0 Å². The standard InChI is InChI=1S/C22H14S2/c1-3-7-19-15(5-1)9-11-17-13-14-18-12-10-16-6-2-4-8-20(16)22(18)24-23-21(17)19/h1-14H. The zero-order valence-corrected chi connectivity index (χ0v) is 14.5. The first-order valence-electron chi connectivity index (χ1n) is 7.96. The first-order valence-corrected chi connectivity index (χ1v) is 10.1. The van der Waals surface area contributed by atoms with Crippen LogP contribution in [0.1, 0.15) is 0 Å². The van der Waals surface area contributed by atoms with Crippen molar-refractivity contribution < 1.29 is 0 Å². The van der Waals surface area contributed by atoms with E-state index >= 15 is 0 Å². The van der Waals surface area contributed by atoms with Gasteiger partial charge in [-0.2, -0.15) is 0 Å². The molecule has 5 rings (SSSR count). The van der Waals surface area contributed by atoms with Gasteiger partial charge < -0.3 is 0 Å². The molecule has 0 aliphatic carbocycles. The number of hydrogen-bond donors (Lipinski definition) is 0. The normalized spacial score (nSPS) is 11.3. The molecule has 0 atom stereocenters. The lowest BCUT2D eigenvalue weighted by Gasteiger charge is -2.04. The summed E-state index contributed by atoms with van der Waals surface area (Å²) in [7, 11) is 3.75. The summed E-state index contributed by atoms with van der Waals surface area (Å²) in [6.07, 6.45) is 0. The van der Waals surface area contributed by atoms with Crippen LogP contribution in [0.4, 0.5) is 0 Å². The Morgan fingerprint density at radius 1 is 0.375 bits per heavy atom. The van der Waals surface area contributed by atoms with Crippen molar-refractivity contribution in [2.75, 3.05) is 0 Å². The molecule has 0 fully saturated rings. The van der Waals surface area contributed by atoms with Crippen LogP contribution in [0.2, 0.25) is 0 Å². The topological polar surface area (TPSA) is 0 Å². The van der Waals surface area contributed by atoms with E-state index in [1.165, 1.54) is 41.7 Å². The van der Waals surface area contributed by atoms with E-state index in [1.54, 1.807) is 0 Å². The third-order valence-electron chi connectivity index (χ3n) is 4.47. The molecule has 4 aromatic carbocycles. The molecule has 0 aliphatic heterocycles. The summed E-state index contributed by atoms with van der Waals surface area (Å²) in [4.78, 5) is 0. The minimum Gasteiger partial charge on any atom is -0.0788 e. The van der Waals surface area contributed by atoms with Gasteiger partial charge in [0.2, 0.25) is 0 Å². The Morgan fingerprint density at radius 2 is 0.750 bits per heavy atom. The van der Waals surface area contributed by atoms with Crippen LogP contribution in [0, 0.1) is 0 Å². The Bertz CT molecular complexity index is 1160. The summed E-state index contributed by atoms with van der Waals surface area (Å²) in [5.74, 6) is 0. The lowest BCUT2D eigenvalue weighted by atomic mass is 10.1. The Kier molecular flexibility index (Phi) is 3.25. The van der Waals surface area contributed by atoms with Gasteiger partial charge >= 0.3 is 0 Å². The summed E-state index contributed by atoms with van der Waals surface area (Å²) in [6.45, 7) is 0. The third-order valence-corrected chi connectivity index (χ3v) is 7.05. The zero-order chi connectivity index (χ0) is 15.9. The maximum Gasteiger partial charge on any atom is 0.0527 e. The Hall–Kier alpha value is -2.42. The van der Waals surface area contributed by atoms with Gasteiger partial charge in [-0.1, -0.05) is 106 Å². The smallest absolute Gasteiger partial charge is 0.0527 e. The van der Waals surface area contributed by atoms with Gasteiger partial charge in [0, 0.05) is 10.8 Å². The fourth-order valence-electron chi connectivity index (χ4n) is 3.23. The molecule has 114 valence electrons. The highest BCUT2D eigenvalue weighted by atomic mass is 32.9. The molecule has 0 saturated heterocycles. The molecule has 0 amide bonds. The highest BCUT2D eigenvalue weighted by molar-refractivity contribution is 7.74. The van der Waals surface area contributed by atoms with Gasteiger partial charge in [0.15, 0.2) is 0 Å². The van der Waals surface area contributed by atoms with Crippen molar-refractivity contribution in [2.45, 2.75) is 0 Å². The molecule has 0 aliphatic rings. The van der Waals surface area contributed by atoms with Gasteiger partial charge in [-0.15, -0.1) is 0 Å². The van der Waals surface area contributed by atoms with Crippen LogP contribution in [0.25, 0.3) is 41.7 Å². The maximum atomic E-state index is 2.25. The van der Waals surface area contributed by atoms with Crippen molar-refractivity contribution in [3.05, 3.63) is 84.9 Å². The van der Waals surface area contributed by atoms with E-state index < -0.39 is 0 Å². The van der Waals surface area contributed by atoms with Crippen LogP contribution in [0.3, 0.4) is 0 Å². The summed E-state index contributed by atoms with van der Waals surface area (Å²) in [6, 6.07) is 30.7. The second-order valence-electron chi connectivity index (χ2n) is 5.91. The molecular formula is C22H14S2. The zero-order valence-electron chi connectivity index (χ0n) is 12.9. The number of fused-ring (bicyclic) bond motifs is 6. The Balaban J connectivity index is 1.99. The van der Waals surface area contributed by atoms with E-state index in [0.29, 0.717) is 0 Å². The van der Waals surface area contributed by atoms with Crippen LogP contribution >= 0.6 is 20.7 Å². The van der Waals surface area contributed by atoms with Crippen LogP contribution in [0.5, 0.6) is 0 Å². The Labute approximate surface area is 147 Å². The van der Waals surface area contributed by atoms with Crippen LogP contribution < -0.4 is 0 Å².